The minimum Gasteiger partial charge on any atom is -0.744 e. The summed E-state index contributed by atoms with van der Waals surface area (Å²) < 4.78 is 31.8. The minimum atomic E-state index is -4.27. The minimum absolute atomic E-state index is 0.158. The van der Waals surface area contributed by atoms with Crippen molar-refractivity contribution in [3.63, 3.8) is 0 Å². The second-order valence-corrected chi connectivity index (χ2v) is 21.7. The summed E-state index contributed by atoms with van der Waals surface area (Å²) >= 11 is 0. The Morgan fingerprint density at radius 1 is 0.586 bits per heavy atom. The predicted octanol–water partition coefficient (Wildman–Crippen LogP) is 14.3. The molecular formula is C59H100N4O6S. The van der Waals surface area contributed by atoms with Gasteiger partial charge in [0.25, 0.3) is 0 Å². The van der Waals surface area contributed by atoms with E-state index in [9.17, 15) is 27.4 Å². The molecule has 0 atom stereocenters. The van der Waals surface area contributed by atoms with E-state index < -0.39 is 10.1 Å². The summed E-state index contributed by atoms with van der Waals surface area (Å²) in [5, 5.41) is 6.46. The highest BCUT2D eigenvalue weighted by Crippen LogP contribution is 2.21. The molecule has 1 aliphatic rings. The fourth-order valence-electron chi connectivity index (χ4n) is 9.34. The normalized spacial score (nSPS) is 13.8. The highest BCUT2D eigenvalue weighted by atomic mass is 32.2. The smallest absolute Gasteiger partial charge is 0.226 e. The second kappa shape index (κ2) is 41.0. The lowest BCUT2D eigenvalue weighted by molar-refractivity contribution is -0.887. The van der Waals surface area contributed by atoms with Gasteiger partial charge in [0.1, 0.15) is 10.1 Å². The van der Waals surface area contributed by atoms with E-state index in [0.29, 0.717) is 43.5 Å². The van der Waals surface area contributed by atoms with Crippen molar-refractivity contribution < 1.29 is 31.8 Å². The van der Waals surface area contributed by atoms with Gasteiger partial charge in [-0.1, -0.05) is 216 Å². The van der Waals surface area contributed by atoms with E-state index in [4.69, 9.17) is 0 Å². The van der Waals surface area contributed by atoms with Gasteiger partial charge >= 0.3 is 0 Å². The van der Waals surface area contributed by atoms with Crippen molar-refractivity contribution >= 4 is 33.9 Å². The number of nitrogens with one attached hydrogen (secondary N) is 2. The Balaban J connectivity index is 0.00000134. The number of hydrogen-bond donors (Lipinski definition) is 2. The standard InChI is InChI=1S/C52H92N4O3.C7H8O3S/c1-3-5-7-9-11-13-15-17-19-23-30-38-50(57)53-42-34-45-56(47-41-49-36-28-27-29-37-49,48-55-44-33-26-22-21-25-32-40-52(55)59)46-35-43-54-51(58)39-31-24-20-18-16-14-12-10-8-6-4-2;1-6-2-4-7(5-3-6)11(8,9)10/h27-29,36-37,41,47H,3-26,30-35,38-40,42-46,48H2,1-2H3,(H-,53,54,57,58);2-5H,1H3,(H,8,9,10). The molecule has 70 heavy (non-hydrogen) atoms. The number of benzene rings is 2. The third-order valence-corrected chi connectivity index (χ3v) is 14.6. The van der Waals surface area contributed by atoms with Gasteiger partial charge < -0.3 is 15.2 Å². The van der Waals surface area contributed by atoms with Gasteiger partial charge in [-0.25, -0.2) is 8.42 Å². The summed E-state index contributed by atoms with van der Waals surface area (Å²) in [6.07, 6.45) is 43.0. The molecule has 11 heteroatoms. The first-order valence-electron chi connectivity index (χ1n) is 28.4. The Labute approximate surface area is 428 Å². The van der Waals surface area contributed by atoms with E-state index in [1.54, 1.807) is 12.1 Å². The van der Waals surface area contributed by atoms with Crippen LogP contribution in [0.2, 0.25) is 0 Å². The van der Waals surface area contributed by atoms with E-state index >= 15 is 0 Å². The van der Waals surface area contributed by atoms with Gasteiger partial charge in [0.15, 0.2) is 6.67 Å². The van der Waals surface area contributed by atoms with Crippen LogP contribution in [0.5, 0.6) is 0 Å². The first kappa shape index (κ1) is 62.6. The summed E-state index contributed by atoms with van der Waals surface area (Å²) in [5.41, 5.74) is 2.07. The Kier molecular flexibility index (Phi) is 36.6. The highest BCUT2D eigenvalue weighted by molar-refractivity contribution is 7.85. The first-order valence-corrected chi connectivity index (χ1v) is 29.8. The Morgan fingerprint density at radius 2 is 1.01 bits per heavy atom. The van der Waals surface area contributed by atoms with Crippen LogP contribution < -0.4 is 10.6 Å². The number of carbonyl (C=O) groups is 3. The van der Waals surface area contributed by atoms with E-state index in [2.05, 4.69) is 65.9 Å². The molecule has 0 radical (unpaired) electrons. The number of amides is 3. The van der Waals surface area contributed by atoms with Gasteiger partial charge in [0.2, 0.25) is 17.7 Å². The van der Waals surface area contributed by atoms with Gasteiger partial charge in [0.05, 0.1) is 24.2 Å². The molecule has 3 amide bonds. The van der Waals surface area contributed by atoms with Crippen LogP contribution in [-0.2, 0) is 24.5 Å². The van der Waals surface area contributed by atoms with Crippen LogP contribution in [0.25, 0.3) is 6.08 Å². The molecule has 0 aliphatic carbocycles. The van der Waals surface area contributed by atoms with E-state index in [1.165, 1.54) is 147 Å². The maximum atomic E-state index is 13.7. The number of aryl methyl sites for hydroxylation is 1. The molecule has 0 bridgehead atoms. The van der Waals surface area contributed by atoms with Crippen LogP contribution in [0, 0.1) is 6.92 Å². The summed E-state index contributed by atoms with van der Waals surface area (Å²) in [7, 11) is -4.27. The molecule has 2 aromatic carbocycles. The van der Waals surface area contributed by atoms with E-state index in [-0.39, 0.29) is 22.6 Å². The van der Waals surface area contributed by atoms with E-state index in [1.807, 2.05) is 13.0 Å². The van der Waals surface area contributed by atoms with Crippen LogP contribution in [0.15, 0.2) is 65.7 Å². The van der Waals surface area contributed by atoms with Gasteiger partial charge in [-0.15, -0.1) is 0 Å². The summed E-state index contributed by atoms with van der Waals surface area (Å²) in [6, 6.07) is 16.2. The van der Waals surface area contributed by atoms with Gasteiger partial charge in [-0.05, 0) is 56.4 Å². The Morgan fingerprint density at radius 3 is 1.47 bits per heavy atom. The Bertz CT molecular complexity index is 1710. The van der Waals surface area contributed by atoms with Crippen molar-refractivity contribution in [2.45, 2.75) is 238 Å². The lowest BCUT2D eigenvalue weighted by Crippen LogP contribution is -2.54. The number of nitrogens with zero attached hydrogens (tertiary/aromatic N) is 2. The Hall–Kier alpha value is -3.54. The monoisotopic (exact) mass is 993 g/mol. The molecule has 0 spiro atoms. The quantitative estimate of drug-likeness (QED) is 0.0393. The summed E-state index contributed by atoms with van der Waals surface area (Å²) in [4.78, 5) is 41.4. The van der Waals surface area contributed by atoms with Crippen molar-refractivity contribution in [3.05, 3.63) is 71.9 Å². The van der Waals surface area contributed by atoms with Crippen LogP contribution in [0.4, 0.5) is 0 Å². The fraction of sp³-hybridized carbons (Fsp3) is 0.712. The SMILES string of the molecule is CCCCCCCCCCCCCC(=O)NCCC[N+](C=Cc1ccccc1)(CCCNC(=O)CCCCCCCCCCCCC)CN1CCCCCCCCC1=O.Cc1ccc(S(=O)(=O)[O-])cc1. The third kappa shape index (κ3) is 33.2. The third-order valence-electron chi connectivity index (χ3n) is 13.8. The average molecular weight is 994 g/mol. The van der Waals surface area contributed by atoms with Crippen molar-refractivity contribution in [2.24, 2.45) is 0 Å². The van der Waals surface area contributed by atoms with Gasteiger partial charge in [-0.2, -0.15) is 0 Å². The molecule has 2 N–H and O–H groups in total. The highest BCUT2D eigenvalue weighted by Gasteiger charge is 2.30. The molecule has 10 nitrogen and oxygen atoms in total. The van der Waals surface area contributed by atoms with Gasteiger partial charge in [0, 0.05) is 51.7 Å². The van der Waals surface area contributed by atoms with Crippen LogP contribution in [0.3, 0.4) is 0 Å². The molecule has 2 aromatic rings. The molecule has 1 fully saturated rings. The number of rotatable bonds is 37. The molecule has 0 aromatic heterocycles. The van der Waals surface area contributed by atoms with Crippen molar-refractivity contribution in [1.82, 2.24) is 15.5 Å². The van der Waals surface area contributed by atoms with Crippen molar-refractivity contribution in [2.75, 3.05) is 39.4 Å². The lowest BCUT2D eigenvalue weighted by Gasteiger charge is -2.40. The predicted molar refractivity (Wildman–Crippen MR) is 291 cm³/mol. The second-order valence-electron chi connectivity index (χ2n) is 20.3. The summed E-state index contributed by atoms with van der Waals surface area (Å²) in [5.74, 6) is 0.583. The van der Waals surface area contributed by atoms with Crippen LogP contribution in [-0.4, -0.2) is 79.5 Å². The molecule has 1 aliphatic heterocycles. The van der Waals surface area contributed by atoms with Crippen LogP contribution >= 0.6 is 0 Å². The number of hydrogen-bond acceptors (Lipinski definition) is 6. The fourth-order valence-corrected chi connectivity index (χ4v) is 9.81. The summed E-state index contributed by atoms with van der Waals surface area (Å²) in [6.45, 7) is 10.7. The van der Waals surface area contributed by atoms with Crippen molar-refractivity contribution in [1.29, 1.82) is 0 Å². The number of carbonyl (C=O) groups excluding carboxylic acids is 3. The zero-order valence-corrected chi connectivity index (χ0v) is 45.5. The zero-order chi connectivity index (χ0) is 50.8. The lowest BCUT2D eigenvalue weighted by atomic mass is 10.1. The number of unbranched alkanes of at least 4 members (excludes halogenated alkanes) is 20. The van der Waals surface area contributed by atoms with Gasteiger partial charge in [-0.3, -0.25) is 23.8 Å². The molecule has 1 heterocycles. The molecule has 0 saturated carbocycles. The number of quaternary nitrogens is 1. The largest absolute Gasteiger partial charge is 0.744 e. The first-order chi connectivity index (χ1) is 34.0. The zero-order valence-electron chi connectivity index (χ0n) is 44.7. The molecule has 398 valence electrons. The topological polar surface area (TPSA) is 136 Å². The average Bonchev–Trinajstić information content (AvgIpc) is 3.35. The molecular weight excluding hydrogens is 893 g/mol. The van der Waals surface area contributed by atoms with E-state index in [0.717, 1.165) is 88.5 Å². The maximum Gasteiger partial charge on any atom is 0.226 e. The van der Waals surface area contributed by atoms with Crippen LogP contribution in [0.1, 0.15) is 237 Å². The molecule has 0 unspecified atom stereocenters. The van der Waals surface area contributed by atoms with Crippen molar-refractivity contribution in [3.8, 4) is 0 Å². The molecule has 3 rings (SSSR count). The maximum absolute atomic E-state index is 13.7. The molecule has 1 saturated heterocycles.